The van der Waals surface area contributed by atoms with E-state index in [1.54, 1.807) is 7.05 Å². The Balaban J connectivity index is 2.18. The monoisotopic (exact) mass is 263 g/mol. The molecule has 94 valence electrons. The molecule has 0 fully saturated rings. The zero-order chi connectivity index (χ0) is 13.0. The molecule has 0 unspecified atom stereocenters. The number of aromatic nitrogens is 3. The molecule has 0 spiro atoms. The Morgan fingerprint density at radius 1 is 1.17 bits per heavy atom. The van der Waals surface area contributed by atoms with Crippen LogP contribution in [-0.2, 0) is 6.54 Å². The van der Waals surface area contributed by atoms with Gasteiger partial charge in [0.25, 0.3) is 0 Å². The lowest BCUT2D eigenvalue weighted by molar-refractivity contribution is 0.854. The number of hydrogen-bond acceptors (Lipinski definition) is 5. The van der Waals surface area contributed by atoms with Crippen LogP contribution in [0.5, 0.6) is 0 Å². The quantitative estimate of drug-likeness (QED) is 0.917. The van der Waals surface area contributed by atoms with Crippen molar-refractivity contribution in [3.05, 3.63) is 41.2 Å². The van der Waals surface area contributed by atoms with Crippen LogP contribution in [0.1, 0.15) is 5.56 Å². The molecule has 6 heteroatoms. The summed E-state index contributed by atoms with van der Waals surface area (Å²) < 4.78 is 0. The first-order valence-electron chi connectivity index (χ1n) is 5.53. The van der Waals surface area contributed by atoms with E-state index in [9.17, 15) is 0 Å². The summed E-state index contributed by atoms with van der Waals surface area (Å²) in [5.74, 6) is 1.01. The Kier molecular flexibility index (Phi) is 3.94. The molecule has 0 saturated carbocycles. The molecule has 0 aliphatic heterocycles. The molecule has 0 atom stereocenters. The van der Waals surface area contributed by atoms with E-state index in [4.69, 9.17) is 11.6 Å². The van der Waals surface area contributed by atoms with Crippen LogP contribution in [0.25, 0.3) is 0 Å². The van der Waals surface area contributed by atoms with Gasteiger partial charge >= 0.3 is 0 Å². The summed E-state index contributed by atoms with van der Waals surface area (Å²) in [5, 5.41) is 3.04. The van der Waals surface area contributed by atoms with Gasteiger partial charge in [-0.1, -0.05) is 30.3 Å². The van der Waals surface area contributed by atoms with Gasteiger partial charge in [0.05, 0.1) is 0 Å². The van der Waals surface area contributed by atoms with Crippen LogP contribution in [0.3, 0.4) is 0 Å². The summed E-state index contributed by atoms with van der Waals surface area (Å²) in [6.07, 6.45) is 0. The summed E-state index contributed by atoms with van der Waals surface area (Å²) in [6, 6.07) is 10.1. The maximum atomic E-state index is 5.85. The van der Waals surface area contributed by atoms with E-state index >= 15 is 0 Å². The van der Waals surface area contributed by atoms with E-state index in [0.717, 1.165) is 0 Å². The van der Waals surface area contributed by atoms with Crippen molar-refractivity contribution < 1.29 is 0 Å². The fraction of sp³-hybridized carbons (Fsp3) is 0.250. The molecule has 0 bridgehead atoms. The number of hydrogen-bond donors (Lipinski definition) is 1. The second kappa shape index (κ2) is 5.64. The number of rotatable bonds is 4. The van der Waals surface area contributed by atoms with Gasteiger partial charge in [-0.25, -0.2) is 0 Å². The largest absolute Gasteiger partial charge is 0.357 e. The maximum absolute atomic E-state index is 5.85. The first-order valence-corrected chi connectivity index (χ1v) is 5.91. The number of nitrogens with one attached hydrogen (secondary N) is 1. The van der Waals surface area contributed by atoms with E-state index in [2.05, 4.69) is 32.4 Å². The molecule has 1 heterocycles. The van der Waals surface area contributed by atoms with Gasteiger partial charge in [0.15, 0.2) is 0 Å². The van der Waals surface area contributed by atoms with Crippen LogP contribution in [0.2, 0.25) is 5.28 Å². The molecule has 0 saturated heterocycles. The molecule has 0 amide bonds. The summed E-state index contributed by atoms with van der Waals surface area (Å²) in [6.45, 7) is 0.713. The van der Waals surface area contributed by atoms with Crippen LogP contribution in [0.15, 0.2) is 30.3 Å². The standard InChI is InChI=1S/C12H14ClN5/c1-14-11-15-10(13)16-12(17-11)18(2)8-9-6-4-3-5-7-9/h3-7H,8H2,1-2H3,(H,14,15,16,17). The van der Waals surface area contributed by atoms with Gasteiger partial charge < -0.3 is 10.2 Å². The van der Waals surface area contributed by atoms with Gasteiger partial charge in [-0.3, -0.25) is 0 Å². The molecular weight excluding hydrogens is 250 g/mol. The van der Waals surface area contributed by atoms with Gasteiger partial charge in [-0.2, -0.15) is 15.0 Å². The molecule has 2 aromatic rings. The van der Waals surface area contributed by atoms with Crippen molar-refractivity contribution >= 4 is 23.5 Å². The number of nitrogens with zero attached hydrogens (tertiary/aromatic N) is 4. The Bertz CT molecular complexity index is 517. The minimum Gasteiger partial charge on any atom is -0.357 e. The highest BCUT2D eigenvalue weighted by molar-refractivity contribution is 6.28. The molecule has 0 aliphatic carbocycles. The third kappa shape index (κ3) is 3.07. The van der Waals surface area contributed by atoms with E-state index in [1.165, 1.54) is 5.56 Å². The first-order chi connectivity index (χ1) is 8.69. The van der Waals surface area contributed by atoms with Gasteiger partial charge in [-0.15, -0.1) is 0 Å². The van der Waals surface area contributed by atoms with Gasteiger partial charge in [0, 0.05) is 20.6 Å². The normalized spacial score (nSPS) is 10.2. The Morgan fingerprint density at radius 2 is 1.89 bits per heavy atom. The lowest BCUT2D eigenvalue weighted by atomic mass is 10.2. The third-order valence-electron chi connectivity index (χ3n) is 2.42. The van der Waals surface area contributed by atoms with Gasteiger partial charge in [-0.05, 0) is 17.2 Å². The molecule has 2 rings (SSSR count). The maximum Gasteiger partial charge on any atom is 0.231 e. The molecular formula is C12H14ClN5. The highest BCUT2D eigenvalue weighted by atomic mass is 35.5. The highest BCUT2D eigenvalue weighted by Crippen LogP contribution is 2.14. The van der Waals surface area contributed by atoms with E-state index in [1.807, 2.05) is 30.1 Å². The van der Waals surface area contributed by atoms with Crippen molar-refractivity contribution in [1.82, 2.24) is 15.0 Å². The molecule has 1 N–H and O–H groups in total. The van der Waals surface area contributed by atoms with Crippen LogP contribution < -0.4 is 10.2 Å². The van der Waals surface area contributed by atoms with Crippen molar-refractivity contribution in [3.63, 3.8) is 0 Å². The molecule has 1 aromatic heterocycles. The molecule has 5 nitrogen and oxygen atoms in total. The number of benzene rings is 1. The Hall–Kier alpha value is -1.88. The van der Waals surface area contributed by atoms with Crippen molar-refractivity contribution in [2.75, 3.05) is 24.3 Å². The Labute approximate surface area is 111 Å². The van der Waals surface area contributed by atoms with Crippen molar-refractivity contribution in [1.29, 1.82) is 0 Å². The second-order valence-electron chi connectivity index (χ2n) is 3.82. The van der Waals surface area contributed by atoms with Crippen LogP contribution in [0.4, 0.5) is 11.9 Å². The molecule has 0 radical (unpaired) electrons. The first kappa shape index (κ1) is 12.6. The zero-order valence-corrected chi connectivity index (χ0v) is 11.0. The zero-order valence-electron chi connectivity index (χ0n) is 10.3. The number of halogens is 1. The van der Waals surface area contributed by atoms with Crippen molar-refractivity contribution in [2.24, 2.45) is 0 Å². The average molecular weight is 264 g/mol. The Morgan fingerprint density at radius 3 is 2.56 bits per heavy atom. The highest BCUT2D eigenvalue weighted by Gasteiger charge is 2.08. The van der Waals surface area contributed by atoms with Crippen molar-refractivity contribution in [3.8, 4) is 0 Å². The lowest BCUT2D eigenvalue weighted by Crippen LogP contribution is -2.20. The van der Waals surface area contributed by atoms with Crippen LogP contribution >= 0.6 is 11.6 Å². The smallest absolute Gasteiger partial charge is 0.231 e. The predicted octanol–water partition coefficient (Wildman–Crippen LogP) is 2.20. The number of anilines is 2. The topological polar surface area (TPSA) is 53.9 Å². The summed E-state index contributed by atoms with van der Waals surface area (Å²) in [4.78, 5) is 14.2. The molecule has 0 aliphatic rings. The van der Waals surface area contributed by atoms with E-state index in [0.29, 0.717) is 18.4 Å². The molecule has 18 heavy (non-hydrogen) atoms. The molecule has 1 aromatic carbocycles. The average Bonchev–Trinajstić information content (AvgIpc) is 2.39. The SMILES string of the molecule is CNc1nc(Cl)nc(N(C)Cc2ccccc2)n1. The van der Waals surface area contributed by atoms with E-state index < -0.39 is 0 Å². The summed E-state index contributed by atoms with van der Waals surface area (Å²) in [7, 11) is 3.66. The lowest BCUT2D eigenvalue weighted by Gasteiger charge is -2.17. The predicted molar refractivity (Wildman–Crippen MR) is 72.9 cm³/mol. The van der Waals surface area contributed by atoms with Crippen LogP contribution in [-0.4, -0.2) is 29.0 Å². The minimum absolute atomic E-state index is 0.185. The van der Waals surface area contributed by atoms with Crippen molar-refractivity contribution in [2.45, 2.75) is 6.54 Å². The third-order valence-corrected chi connectivity index (χ3v) is 2.59. The second-order valence-corrected chi connectivity index (χ2v) is 4.16. The van der Waals surface area contributed by atoms with Gasteiger partial charge in [0.2, 0.25) is 17.2 Å². The van der Waals surface area contributed by atoms with Gasteiger partial charge in [0.1, 0.15) is 0 Å². The summed E-state index contributed by atoms with van der Waals surface area (Å²) >= 11 is 5.85. The van der Waals surface area contributed by atoms with Crippen LogP contribution in [0, 0.1) is 0 Å². The van der Waals surface area contributed by atoms with E-state index in [-0.39, 0.29) is 5.28 Å². The fourth-order valence-corrected chi connectivity index (χ4v) is 1.71. The summed E-state index contributed by atoms with van der Waals surface area (Å²) in [5.41, 5.74) is 1.18. The fourth-order valence-electron chi connectivity index (χ4n) is 1.55. The minimum atomic E-state index is 0.185.